The normalized spacial score (nSPS) is 18.7. The molecule has 1 atom stereocenters. The number of carbonyl (C=O) groups excluding carboxylic acids is 1. The summed E-state index contributed by atoms with van der Waals surface area (Å²) in [6.45, 7) is 1.21. The largest absolute Gasteiger partial charge is 0.376 e. The first kappa shape index (κ1) is 13.1. The van der Waals surface area contributed by atoms with Gasteiger partial charge < -0.3 is 15.4 Å². The first-order valence-electron chi connectivity index (χ1n) is 5.76. The Labute approximate surface area is 109 Å². The number of hydrogen-bond acceptors (Lipinski definition) is 2. The lowest BCUT2D eigenvalue weighted by molar-refractivity contribution is 0.112. The van der Waals surface area contributed by atoms with Crippen molar-refractivity contribution in [2.24, 2.45) is 0 Å². The summed E-state index contributed by atoms with van der Waals surface area (Å²) >= 11 is 5.79. The molecule has 2 N–H and O–H groups in total. The van der Waals surface area contributed by atoms with Crippen LogP contribution in [0, 0.1) is 5.82 Å². The van der Waals surface area contributed by atoms with Gasteiger partial charge in [0.2, 0.25) is 0 Å². The van der Waals surface area contributed by atoms with Crippen molar-refractivity contribution in [3.63, 3.8) is 0 Å². The number of halogens is 2. The van der Waals surface area contributed by atoms with E-state index in [9.17, 15) is 9.18 Å². The number of anilines is 1. The third-order valence-electron chi connectivity index (χ3n) is 2.69. The van der Waals surface area contributed by atoms with Crippen LogP contribution < -0.4 is 10.6 Å². The molecule has 1 aromatic carbocycles. The molecule has 0 radical (unpaired) electrons. The summed E-state index contributed by atoms with van der Waals surface area (Å²) in [5.41, 5.74) is 0.378. The van der Waals surface area contributed by atoms with Crippen molar-refractivity contribution in [2.75, 3.05) is 18.5 Å². The molecular weight excluding hydrogens is 259 g/mol. The Morgan fingerprint density at radius 2 is 2.39 bits per heavy atom. The van der Waals surface area contributed by atoms with Gasteiger partial charge in [0.25, 0.3) is 0 Å². The number of rotatable bonds is 3. The number of hydrogen-bond donors (Lipinski definition) is 2. The van der Waals surface area contributed by atoms with Crippen molar-refractivity contribution in [1.29, 1.82) is 0 Å². The second-order valence-corrected chi connectivity index (χ2v) is 4.50. The molecule has 1 aliphatic heterocycles. The molecule has 0 bridgehead atoms. The van der Waals surface area contributed by atoms with Crippen LogP contribution in [-0.4, -0.2) is 25.3 Å². The molecule has 2 amide bonds. The second kappa shape index (κ2) is 6.02. The molecule has 1 heterocycles. The van der Waals surface area contributed by atoms with E-state index >= 15 is 0 Å². The van der Waals surface area contributed by atoms with Crippen LogP contribution in [0.1, 0.15) is 12.8 Å². The molecule has 0 saturated carbocycles. The van der Waals surface area contributed by atoms with Crippen molar-refractivity contribution in [3.05, 3.63) is 29.0 Å². The van der Waals surface area contributed by atoms with Crippen LogP contribution in [0.25, 0.3) is 0 Å². The predicted molar refractivity (Wildman–Crippen MR) is 67.4 cm³/mol. The van der Waals surface area contributed by atoms with E-state index in [4.69, 9.17) is 16.3 Å². The molecular formula is C12H14ClFN2O2. The van der Waals surface area contributed by atoms with E-state index < -0.39 is 5.82 Å². The number of benzene rings is 1. The average Bonchev–Trinajstić information content (AvgIpc) is 2.83. The topological polar surface area (TPSA) is 50.4 Å². The van der Waals surface area contributed by atoms with Gasteiger partial charge in [0.05, 0.1) is 16.8 Å². The zero-order valence-corrected chi connectivity index (χ0v) is 10.5. The lowest BCUT2D eigenvalue weighted by Gasteiger charge is -2.12. The maximum Gasteiger partial charge on any atom is 0.319 e. The predicted octanol–water partition coefficient (Wildman–Crippen LogP) is 2.78. The fraction of sp³-hybridized carbons (Fsp3) is 0.417. The van der Waals surface area contributed by atoms with E-state index in [0.717, 1.165) is 25.5 Å². The molecule has 1 unspecified atom stereocenters. The van der Waals surface area contributed by atoms with Crippen LogP contribution >= 0.6 is 11.6 Å². The van der Waals surface area contributed by atoms with Gasteiger partial charge in [-0.15, -0.1) is 0 Å². The van der Waals surface area contributed by atoms with Gasteiger partial charge >= 0.3 is 6.03 Å². The standard InChI is InChI=1S/C12H14ClFN2O2/c13-10-6-8(14)3-4-11(10)16-12(17)15-7-9-2-1-5-18-9/h3-4,6,9H,1-2,5,7H2,(H2,15,16,17). The van der Waals surface area contributed by atoms with E-state index in [-0.39, 0.29) is 17.2 Å². The van der Waals surface area contributed by atoms with Crippen molar-refractivity contribution in [3.8, 4) is 0 Å². The van der Waals surface area contributed by atoms with Crippen LogP contribution in [0.3, 0.4) is 0 Å². The van der Waals surface area contributed by atoms with Crippen molar-refractivity contribution >= 4 is 23.3 Å². The molecule has 98 valence electrons. The zero-order chi connectivity index (χ0) is 13.0. The molecule has 1 fully saturated rings. The van der Waals surface area contributed by atoms with Gasteiger partial charge in [0, 0.05) is 13.2 Å². The van der Waals surface area contributed by atoms with E-state index in [1.807, 2.05) is 0 Å². The molecule has 0 aromatic heterocycles. The summed E-state index contributed by atoms with van der Waals surface area (Å²) in [6.07, 6.45) is 2.06. The highest BCUT2D eigenvalue weighted by Crippen LogP contribution is 2.22. The van der Waals surface area contributed by atoms with Gasteiger partial charge in [0.15, 0.2) is 0 Å². The molecule has 0 spiro atoms. The van der Waals surface area contributed by atoms with Gasteiger partial charge in [-0.1, -0.05) is 11.6 Å². The lowest BCUT2D eigenvalue weighted by Crippen LogP contribution is -2.35. The summed E-state index contributed by atoms with van der Waals surface area (Å²) in [5.74, 6) is -0.440. The Morgan fingerprint density at radius 3 is 3.06 bits per heavy atom. The van der Waals surface area contributed by atoms with Gasteiger partial charge in [-0.05, 0) is 31.0 Å². The third-order valence-corrected chi connectivity index (χ3v) is 3.01. The zero-order valence-electron chi connectivity index (χ0n) is 9.71. The first-order chi connectivity index (χ1) is 8.65. The summed E-state index contributed by atoms with van der Waals surface area (Å²) in [5, 5.41) is 5.41. The fourth-order valence-electron chi connectivity index (χ4n) is 1.77. The Bertz CT molecular complexity index is 436. The van der Waals surface area contributed by atoms with Gasteiger partial charge in [-0.3, -0.25) is 0 Å². The molecule has 4 nitrogen and oxygen atoms in total. The second-order valence-electron chi connectivity index (χ2n) is 4.09. The Hall–Kier alpha value is -1.33. The van der Waals surface area contributed by atoms with E-state index in [1.54, 1.807) is 0 Å². The monoisotopic (exact) mass is 272 g/mol. The quantitative estimate of drug-likeness (QED) is 0.889. The number of ether oxygens (including phenoxy) is 1. The highest BCUT2D eigenvalue weighted by Gasteiger charge is 2.16. The molecule has 6 heteroatoms. The van der Waals surface area contributed by atoms with Crippen molar-refractivity contribution in [1.82, 2.24) is 5.32 Å². The average molecular weight is 273 g/mol. The molecule has 2 rings (SSSR count). The van der Waals surface area contributed by atoms with E-state index in [0.29, 0.717) is 12.2 Å². The highest BCUT2D eigenvalue weighted by atomic mass is 35.5. The van der Waals surface area contributed by atoms with Crippen LogP contribution in [0.2, 0.25) is 5.02 Å². The minimum atomic E-state index is -0.440. The Balaban J connectivity index is 1.82. The SMILES string of the molecule is O=C(NCC1CCCO1)Nc1ccc(F)cc1Cl. The number of nitrogens with one attached hydrogen (secondary N) is 2. The van der Waals surface area contributed by atoms with Crippen molar-refractivity contribution < 1.29 is 13.9 Å². The van der Waals surface area contributed by atoms with Crippen LogP contribution in [0.15, 0.2) is 18.2 Å². The minimum absolute atomic E-state index is 0.0828. The molecule has 1 aliphatic rings. The lowest BCUT2D eigenvalue weighted by atomic mass is 10.2. The number of carbonyl (C=O) groups is 1. The molecule has 18 heavy (non-hydrogen) atoms. The summed E-state index contributed by atoms with van der Waals surface area (Å²) < 4.78 is 18.2. The Morgan fingerprint density at radius 1 is 1.56 bits per heavy atom. The fourth-order valence-corrected chi connectivity index (χ4v) is 1.98. The van der Waals surface area contributed by atoms with Gasteiger partial charge in [-0.2, -0.15) is 0 Å². The maximum absolute atomic E-state index is 12.8. The number of urea groups is 1. The third kappa shape index (κ3) is 3.58. The van der Waals surface area contributed by atoms with Crippen LogP contribution in [0.5, 0.6) is 0 Å². The van der Waals surface area contributed by atoms with E-state index in [2.05, 4.69) is 10.6 Å². The first-order valence-corrected chi connectivity index (χ1v) is 6.14. The summed E-state index contributed by atoms with van der Waals surface area (Å²) in [7, 11) is 0. The Kier molecular flexibility index (Phi) is 4.38. The summed E-state index contributed by atoms with van der Waals surface area (Å²) in [4.78, 5) is 11.6. The molecule has 0 aliphatic carbocycles. The highest BCUT2D eigenvalue weighted by molar-refractivity contribution is 6.33. The molecule has 1 aromatic rings. The van der Waals surface area contributed by atoms with E-state index in [1.165, 1.54) is 12.1 Å². The maximum atomic E-state index is 12.8. The molecule has 1 saturated heterocycles. The number of amides is 2. The van der Waals surface area contributed by atoms with Crippen molar-refractivity contribution in [2.45, 2.75) is 18.9 Å². The van der Waals surface area contributed by atoms with Gasteiger partial charge in [-0.25, -0.2) is 9.18 Å². The minimum Gasteiger partial charge on any atom is -0.376 e. The van der Waals surface area contributed by atoms with Gasteiger partial charge in [0.1, 0.15) is 5.82 Å². The smallest absolute Gasteiger partial charge is 0.319 e. The summed E-state index contributed by atoms with van der Waals surface area (Å²) in [6, 6.07) is 3.43. The van der Waals surface area contributed by atoms with Crippen LogP contribution in [-0.2, 0) is 4.74 Å². The van der Waals surface area contributed by atoms with Crippen LogP contribution in [0.4, 0.5) is 14.9 Å².